The molecular weight excluding hydrogens is 332 g/mol. The highest BCUT2D eigenvalue weighted by Gasteiger charge is 2.06. The predicted octanol–water partition coefficient (Wildman–Crippen LogP) is 2.48. The molecule has 0 aliphatic rings. The van der Waals surface area contributed by atoms with Gasteiger partial charge in [0.1, 0.15) is 0 Å². The van der Waals surface area contributed by atoms with Crippen molar-refractivity contribution in [3.8, 4) is 0 Å². The molecule has 21 heavy (non-hydrogen) atoms. The average Bonchev–Trinajstić information content (AvgIpc) is 2.44. The van der Waals surface area contributed by atoms with Crippen LogP contribution in [0.5, 0.6) is 0 Å². The van der Waals surface area contributed by atoms with Crippen molar-refractivity contribution in [3.63, 3.8) is 0 Å². The molecule has 0 saturated carbocycles. The van der Waals surface area contributed by atoms with Crippen molar-refractivity contribution in [2.45, 2.75) is 19.9 Å². The molecule has 5 nitrogen and oxygen atoms in total. The summed E-state index contributed by atoms with van der Waals surface area (Å²) < 4.78 is 2.34. The Labute approximate surface area is 132 Å². The van der Waals surface area contributed by atoms with Crippen molar-refractivity contribution in [1.29, 1.82) is 0 Å². The van der Waals surface area contributed by atoms with Gasteiger partial charge in [0.15, 0.2) is 0 Å². The molecule has 2 N–H and O–H groups in total. The quantitative estimate of drug-likeness (QED) is 0.841. The number of nitrogens with zero attached hydrogens (tertiary/aromatic N) is 3. The van der Waals surface area contributed by atoms with Crippen LogP contribution in [0.3, 0.4) is 0 Å². The Morgan fingerprint density at radius 1 is 1.38 bits per heavy atom. The molecule has 6 heteroatoms. The first-order valence-electron chi connectivity index (χ1n) is 6.83. The number of anilines is 2. The zero-order valence-electron chi connectivity index (χ0n) is 12.2. The third-order valence-electron chi connectivity index (χ3n) is 3.28. The number of benzene rings is 1. The van der Waals surface area contributed by atoms with Gasteiger partial charge in [-0.1, -0.05) is 28.9 Å². The van der Waals surface area contributed by atoms with E-state index in [1.54, 1.807) is 12.3 Å². The van der Waals surface area contributed by atoms with E-state index in [9.17, 15) is 4.79 Å². The Hall–Kier alpha value is -1.82. The molecule has 0 unspecified atom stereocenters. The van der Waals surface area contributed by atoms with Crippen LogP contribution in [0.15, 0.2) is 39.7 Å². The van der Waals surface area contributed by atoms with Crippen LogP contribution in [0.4, 0.5) is 11.4 Å². The summed E-state index contributed by atoms with van der Waals surface area (Å²) in [5.41, 5.74) is 8.18. The lowest BCUT2D eigenvalue weighted by atomic mass is 10.2. The molecule has 0 aliphatic carbocycles. The van der Waals surface area contributed by atoms with Gasteiger partial charge in [0.2, 0.25) is 0 Å². The van der Waals surface area contributed by atoms with E-state index in [2.05, 4.69) is 28.0 Å². The van der Waals surface area contributed by atoms with Crippen molar-refractivity contribution in [1.82, 2.24) is 9.78 Å². The Bertz CT molecular complexity index is 684. The van der Waals surface area contributed by atoms with Gasteiger partial charge in [-0.25, -0.2) is 4.68 Å². The van der Waals surface area contributed by atoms with Gasteiger partial charge < -0.3 is 10.6 Å². The Morgan fingerprint density at radius 3 is 2.76 bits per heavy atom. The molecule has 1 heterocycles. The second-order valence-corrected chi connectivity index (χ2v) is 5.89. The van der Waals surface area contributed by atoms with Gasteiger partial charge in [0, 0.05) is 29.8 Å². The molecule has 0 radical (unpaired) electrons. The average molecular weight is 351 g/mol. The maximum atomic E-state index is 12.2. The van der Waals surface area contributed by atoms with Crippen LogP contribution in [0.2, 0.25) is 0 Å². The molecule has 1 aromatic carbocycles. The van der Waals surface area contributed by atoms with Gasteiger partial charge in [0.05, 0.1) is 18.4 Å². The van der Waals surface area contributed by atoms with E-state index in [0.717, 1.165) is 28.7 Å². The zero-order chi connectivity index (χ0) is 15.4. The second-order valence-electron chi connectivity index (χ2n) is 4.97. The highest BCUT2D eigenvalue weighted by atomic mass is 79.9. The van der Waals surface area contributed by atoms with E-state index in [-0.39, 0.29) is 5.56 Å². The summed E-state index contributed by atoms with van der Waals surface area (Å²) in [6.07, 6.45) is 2.74. The fourth-order valence-electron chi connectivity index (χ4n) is 2.09. The number of nitrogen functional groups attached to an aromatic ring is 1. The largest absolute Gasteiger partial charge is 0.398 e. The molecule has 0 spiro atoms. The van der Waals surface area contributed by atoms with Gasteiger partial charge in [-0.05, 0) is 24.1 Å². The number of aromatic nitrogens is 2. The van der Waals surface area contributed by atoms with Crippen molar-refractivity contribution in [3.05, 3.63) is 50.9 Å². The van der Waals surface area contributed by atoms with Crippen molar-refractivity contribution in [2.75, 3.05) is 24.2 Å². The van der Waals surface area contributed by atoms with Crippen LogP contribution < -0.4 is 16.2 Å². The molecule has 0 bridgehead atoms. The van der Waals surface area contributed by atoms with Gasteiger partial charge in [-0.2, -0.15) is 5.10 Å². The first-order valence-corrected chi connectivity index (χ1v) is 7.62. The van der Waals surface area contributed by atoms with E-state index in [4.69, 9.17) is 5.73 Å². The molecule has 0 atom stereocenters. The molecule has 0 saturated heterocycles. The normalized spacial score (nSPS) is 10.6. The summed E-state index contributed by atoms with van der Waals surface area (Å²) in [6.45, 7) is 3.36. The lowest BCUT2D eigenvalue weighted by Gasteiger charge is -2.18. The third-order valence-corrected chi connectivity index (χ3v) is 3.78. The smallest absolute Gasteiger partial charge is 0.269 e. The molecular formula is C15H19BrN4O. The van der Waals surface area contributed by atoms with E-state index in [1.807, 2.05) is 30.1 Å². The minimum absolute atomic E-state index is 0.127. The standard InChI is InChI=1S/C15H19BrN4O/c1-3-6-19(2)13-8-15(21)20(18-9-13)10-11-4-5-12(16)7-14(11)17/h4-5,7-9H,3,6,10,17H2,1-2H3. The lowest BCUT2D eigenvalue weighted by molar-refractivity contribution is 0.638. The molecule has 0 fully saturated rings. The number of nitrogens with two attached hydrogens (primary N) is 1. The van der Waals surface area contributed by atoms with Crippen molar-refractivity contribution >= 4 is 27.3 Å². The molecule has 0 aliphatic heterocycles. The molecule has 2 aromatic rings. The summed E-state index contributed by atoms with van der Waals surface area (Å²) in [5, 5.41) is 4.24. The topological polar surface area (TPSA) is 64.2 Å². The van der Waals surface area contributed by atoms with Crippen LogP contribution in [0, 0.1) is 0 Å². The maximum absolute atomic E-state index is 12.2. The Kier molecular flexibility index (Phi) is 5.01. The van der Waals surface area contributed by atoms with E-state index < -0.39 is 0 Å². The summed E-state index contributed by atoms with van der Waals surface area (Å²) in [5.74, 6) is 0. The summed E-state index contributed by atoms with van der Waals surface area (Å²) in [7, 11) is 1.96. The lowest BCUT2D eigenvalue weighted by Crippen LogP contribution is -2.26. The van der Waals surface area contributed by atoms with Gasteiger partial charge in [0.25, 0.3) is 5.56 Å². The minimum atomic E-state index is -0.127. The van der Waals surface area contributed by atoms with Gasteiger partial charge in [-0.3, -0.25) is 4.79 Å². The molecule has 0 amide bonds. The van der Waals surface area contributed by atoms with Crippen LogP contribution in [0.1, 0.15) is 18.9 Å². The highest BCUT2D eigenvalue weighted by molar-refractivity contribution is 9.10. The van der Waals surface area contributed by atoms with Gasteiger partial charge in [-0.15, -0.1) is 0 Å². The number of rotatable bonds is 5. The summed E-state index contributed by atoms with van der Waals surface area (Å²) in [4.78, 5) is 14.2. The molecule has 1 aromatic heterocycles. The SMILES string of the molecule is CCCN(C)c1cnn(Cc2ccc(Br)cc2N)c(=O)c1. The zero-order valence-corrected chi connectivity index (χ0v) is 13.8. The Morgan fingerprint density at radius 2 is 2.14 bits per heavy atom. The molecule has 2 rings (SSSR count). The number of halogens is 1. The number of hydrogen-bond acceptors (Lipinski definition) is 4. The van der Waals surface area contributed by atoms with Crippen molar-refractivity contribution < 1.29 is 0 Å². The minimum Gasteiger partial charge on any atom is -0.398 e. The monoisotopic (exact) mass is 350 g/mol. The number of hydrogen-bond donors (Lipinski definition) is 1. The first-order chi connectivity index (χ1) is 10.0. The first kappa shape index (κ1) is 15.6. The van der Waals surface area contributed by atoms with E-state index >= 15 is 0 Å². The third kappa shape index (κ3) is 3.85. The summed E-state index contributed by atoms with van der Waals surface area (Å²) >= 11 is 3.37. The van der Waals surface area contributed by atoms with Crippen LogP contribution in [0.25, 0.3) is 0 Å². The van der Waals surface area contributed by atoms with Gasteiger partial charge >= 0.3 is 0 Å². The van der Waals surface area contributed by atoms with E-state index in [0.29, 0.717) is 12.2 Å². The fraction of sp³-hybridized carbons (Fsp3) is 0.333. The Balaban J connectivity index is 2.23. The van der Waals surface area contributed by atoms with Crippen LogP contribution in [-0.2, 0) is 6.54 Å². The van der Waals surface area contributed by atoms with Crippen LogP contribution >= 0.6 is 15.9 Å². The maximum Gasteiger partial charge on any atom is 0.269 e. The van der Waals surface area contributed by atoms with Crippen LogP contribution in [-0.4, -0.2) is 23.4 Å². The fourth-order valence-corrected chi connectivity index (χ4v) is 2.47. The van der Waals surface area contributed by atoms with E-state index in [1.165, 1.54) is 4.68 Å². The van der Waals surface area contributed by atoms with Crippen molar-refractivity contribution in [2.24, 2.45) is 0 Å². The highest BCUT2D eigenvalue weighted by Crippen LogP contribution is 2.19. The predicted molar refractivity (Wildman–Crippen MR) is 89.7 cm³/mol. The molecule has 112 valence electrons. The summed E-state index contributed by atoms with van der Waals surface area (Å²) in [6, 6.07) is 7.23. The second kappa shape index (κ2) is 6.76.